The highest BCUT2D eigenvalue weighted by Gasteiger charge is 2.29. The van der Waals surface area contributed by atoms with E-state index in [2.05, 4.69) is 15.3 Å². The van der Waals surface area contributed by atoms with Gasteiger partial charge in [-0.1, -0.05) is 17.7 Å². The van der Waals surface area contributed by atoms with E-state index in [-0.39, 0.29) is 22.7 Å². The van der Waals surface area contributed by atoms with Crippen LogP contribution >= 0.6 is 11.6 Å². The Balaban J connectivity index is 1.56. The molecule has 1 aromatic heterocycles. The molecule has 168 valence electrons. The Morgan fingerprint density at radius 1 is 1.31 bits per heavy atom. The lowest BCUT2D eigenvalue weighted by Gasteiger charge is -2.26. The molecule has 0 spiro atoms. The highest BCUT2D eigenvalue weighted by molar-refractivity contribution is 6.32. The molecule has 2 aromatic carbocycles. The Morgan fingerprint density at radius 3 is 2.94 bits per heavy atom. The molecule has 4 rings (SSSR count). The van der Waals surface area contributed by atoms with E-state index >= 15 is 0 Å². The number of halogens is 1. The van der Waals surface area contributed by atoms with Gasteiger partial charge in [0.25, 0.3) is 0 Å². The van der Waals surface area contributed by atoms with Crippen molar-refractivity contribution < 1.29 is 14.6 Å². The fourth-order valence-electron chi connectivity index (χ4n) is 3.90. The first-order chi connectivity index (χ1) is 15.4. The summed E-state index contributed by atoms with van der Waals surface area (Å²) in [7, 11) is 3.79. The lowest BCUT2D eigenvalue weighted by Crippen LogP contribution is -2.43. The van der Waals surface area contributed by atoms with Crippen molar-refractivity contribution in [2.75, 3.05) is 39.1 Å². The molecular formula is C23H26ClN5O3. The van der Waals surface area contributed by atoms with Crippen molar-refractivity contribution in [1.29, 1.82) is 0 Å². The van der Waals surface area contributed by atoms with E-state index in [1.807, 2.05) is 42.1 Å². The van der Waals surface area contributed by atoms with E-state index in [4.69, 9.17) is 16.3 Å². The largest absolute Gasteiger partial charge is 0.506 e. The fourth-order valence-corrected chi connectivity index (χ4v) is 4.08. The third-order valence-corrected chi connectivity index (χ3v) is 5.72. The molecule has 0 saturated carbocycles. The Hall–Kier alpha value is -3.10. The number of nitrogens with zero attached hydrogens (tertiary/aromatic N) is 4. The molecule has 0 aliphatic carbocycles. The number of aromatic nitrogens is 2. The van der Waals surface area contributed by atoms with Crippen LogP contribution in [0.4, 0.5) is 11.5 Å². The highest BCUT2D eigenvalue weighted by Crippen LogP contribution is 2.34. The molecule has 1 unspecified atom stereocenters. The van der Waals surface area contributed by atoms with Crippen molar-refractivity contribution >= 4 is 39.9 Å². The smallest absolute Gasteiger partial charge is 0.237 e. The zero-order valence-electron chi connectivity index (χ0n) is 18.1. The van der Waals surface area contributed by atoms with E-state index < -0.39 is 0 Å². The number of nitrogens with one attached hydrogen (secondary N) is 1. The molecule has 1 fully saturated rings. The van der Waals surface area contributed by atoms with Crippen molar-refractivity contribution in [2.45, 2.75) is 18.9 Å². The predicted octanol–water partition coefficient (Wildman–Crippen LogP) is 3.66. The minimum atomic E-state index is 0.0127. The van der Waals surface area contributed by atoms with Crippen LogP contribution in [-0.2, 0) is 4.79 Å². The van der Waals surface area contributed by atoms with Crippen LogP contribution in [0.1, 0.15) is 12.8 Å². The predicted molar refractivity (Wildman–Crippen MR) is 125 cm³/mol. The number of carbonyl (C=O) groups excluding carboxylic acids is 1. The van der Waals surface area contributed by atoms with Gasteiger partial charge in [0.2, 0.25) is 5.91 Å². The number of phenols is 1. The van der Waals surface area contributed by atoms with E-state index in [0.717, 1.165) is 30.3 Å². The summed E-state index contributed by atoms with van der Waals surface area (Å²) in [5.41, 5.74) is 1.41. The monoisotopic (exact) mass is 455 g/mol. The molecule has 32 heavy (non-hydrogen) atoms. The molecule has 1 aliphatic rings. The maximum atomic E-state index is 12.6. The van der Waals surface area contributed by atoms with E-state index in [1.165, 1.54) is 12.4 Å². The number of ether oxygens (including phenoxy) is 1. The number of rotatable bonds is 7. The minimum absolute atomic E-state index is 0.0127. The van der Waals surface area contributed by atoms with Crippen LogP contribution in [-0.4, -0.2) is 70.6 Å². The molecule has 3 aromatic rings. The fraction of sp³-hybridized carbons (Fsp3) is 0.348. The molecule has 8 nitrogen and oxygen atoms in total. The van der Waals surface area contributed by atoms with E-state index in [9.17, 15) is 9.90 Å². The number of amides is 1. The van der Waals surface area contributed by atoms with Gasteiger partial charge < -0.3 is 25.0 Å². The number of likely N-dealkylation sites (tertiary alicyclic amines) is 1. The number of anilines is 2. The van der Waals surface area contributed by atoms with E-state index in [1.54, 1.807) is 12.1 Å². The molecule has 1 amide bonds. The van der Waals surface area contributed by atoms with Crippen LogP contribution in [0.2, 0.25) is 5.02 Å². The Bertz CT molecular complexity index is 1120. The van der Waals surface area contributed by atoms with Gasteiger partial charge in [0.15, 0.2) is 0 Å². The van der Waals surface area contributed by atoms with Gasteiger partial charge in [-0.3, -0.25) is 4.79 Å². The Morgan fingerprint density at radius 2 is 2.16 bits per heavy atom. The molecule has 1 aliphatic heterocycles. The summed E-state index contributed by atoms with van der Waals surface area (Å²) in [6, 6.07) is 10.5. The van der Waals surface area contributed by atoms with Gasteiger partial charge >= 0.3 is 0 Å². The van der Waals surface area contributed by atoms with Crippen LogP contribution in [0, 0.1) is 0 Å². The first-order valence-corrected chi connectivity index (χ1v) is 10.9. The number of benzene rings is 2. The second-order valence-electron chi connectivity index (χ2n) is 8.10. The summed E-state index contributed by atoms with van der Waals surface area (Å²) < 4.78 is 6.22. The SMILES string of the molecule is CN(C)CC(=O)N1CCCC1COc1cccc2ncnc(Nc3ccc(O)c(Cl)c3)c12. The molecule has 1 saturated heterocycles. The van der Waals surface area contributed by atoms with Crippen molar-refractivity contribution in [1.82, 2.24) is 19.8 Å². The average Bonchev–Trinajstić information content (AvgIpc) is 3.23. The van der Waals surface area contributed by atoms with Crippen LogP contribution in [0.25, 0.3) is 10.9 Å². The number of carbonyl (C=O) groups is 1. The summed E-state index contributed by atoms with van der Waals surface area (Å²) in [5.74, 6) is 1.34. The van der Waals surface area contributed by atoms with Crippen LogP contribution in [0.15, 0.2) is 42.7 Å². The number of hydrogen-bond donors (Lipinski definition) is 2. The van der Waals surface area contributed by atoms with Crippen molar-refractivity contribution in [3.05, 3.63) is 47.7 Å². The number of likely N-dealkylation sites (N-methyl/N-ethyl adjacent to an activating group) is 1. The summed E-state index contributed by atoms with van der Waals surface area (Å²) in [6.07, 6.45) is 3.37. The number of aromatic hydroxyl groups is 1. The summed E-state index contributed by atoms with van der Waals surface area (Å²) in [5, 5.41) is 13.9. The minimum Gasteiger partial charge on any atom is -0.506 e. The van der Waals surface area contributed by atoms with Crippen LogP contribution in [0.3, 0.4) is 0 Å². The standard InChI is InChI=1S/C23H26ClN5O3/c1-28(2)12-21(31)29-10-4-5-16(29)13-32-20-7-3-6-18-22(20)23(26-14-25-18)27-15-8-9-19(30)17(24)11-15/h3,6-9,11,14,16,30H,4-5,10,12-13H2,1-2H3,(H,25,26,27). The second kappa shape index (κ2) is 9.58. The normalized spacial score (nSPS) is 16.0. The van der Waals surface area contributed by atoms with Crippen molar-refractivity contribution in [3.8, 4) is 11.5 Å². The third-order valence-electron chi connectivity index (χ3n) is 5.42. The first kappa shape index (κ1) is 22.1. The van der Waals surface area contributed by atoms with Crippen molar-refractivity contribution in [3.63, 3.8) is 0 Å². The molecule has 2 heterocycles. The van der Waals surface area contributed by atoms with Gasteiger partial charge in [-0.25, -0.2) is 9.97 Å². The Kier molecular flexibility index (Phi) is 6.62. The average molecular weight is 456 g/mol. The summed E-state index contributed by atoms with van der Waals surface area (Å²) in [4.78, 5) is 25.1. The van der Waals surface area contributed by atoms with Gasteiger partial charge in [0.05, 0.1) is 28.5 Å². The molecule has 0 bridgehead atoms. The van der Waals surface area contributed by atoms with Crippen LogP contribution in [0.5, 0.6) is 11.5 Å². The summed E-state index contributed by atoms with van der Waals surface area (Å²) in [6.45, 7) is 1.55. The third kappa shape index (κ3) is 4.87. The zero-order valence-corrected chi connectivity index (χ0v) is 18.8. The first-order valence-electron chi connectivity index (χ1n) is 10.5. The topological polar surface area (TPSA) is 90.8 Å². The van der Waals surface area contributed by atoms with Crippen LogP contribution < -0.4 is 10.1 Å². The molecular weight excluding hydrogens is 430 g/mol. The van der Waals surface area contributed by atoms with E-state index in [0.29, 0.717) is 30.4 Å². The van der Waals surface area contributed by atoms with Gasteiger partial charge in [-0.2, -0.15) is 0 Å². The number of phenolic OH excluding ortho intramolecular Hbond substituents is 1. The second-order valence-corrected chi connectivity index (χ2v) is 8.50. The zero-order chi connectivity index (χ0) is 22.7. The lowest BCUT2D eigenvalue weighted by atomic mass is 10.2. The van der Waals surface area contributed by atoms with Gasteiger partial charge in [0, 0.05) is 12.2 Å². The molecule has 0 radical (unpaired) electrons. The van der Waals surface area contributed by atoms with Crippen molar-refractivity contribution in [2.24, 2.45) is 0 Å². The quantitative estimate of drug-likeness (QED) is 0.525. The maximum absolute atomic E-state index is 12.6. The molecule has 2 N–H and O–H groups in total. The summed E-state index contributed by atoms with van der Waals surface area (Å²) >= 11 is 6.04. The van der Waals surface area contributed by atoms with Gasteiger partial charge in [-0.15, -0.1) is 0 Å². The molecule has 9 heteroatoms. The Labute approximate surface area is 191 Å². The number of fused-ring (bicyclic) bond motifs is 1. The van der Waals surface area contributed by atoms with Gasteiger partial charge in [-0.05, 0) is 57.3 Å². The van der Waals surface area contributed by atoms with Gasteiger partial charge in [0.1, 0.15) is 30.3 Å². The maximum Gasteiger partial charge on any atom is 0.237 e. The molecule has 1 atom stereocenters. The lowest BCUT2D eigenvalue weighted by molar-refractivity contribution is -0.133. The highest BCUT2D eigenvalue weighted by atomic mass is 35.5. The number of hydrogen-bond acceptors (Lipinski definition) is 7.